The van der Waals surface area contributed by atoms with Gasteiger partial charge >= 0.3 is 0 Å². The number of allylic oxidation sites excluding steroid dienone is 1. The summed E-state index contributed by atoms with van der Waals surface area (Å²) in [5.74, 6) is 0.894. The number of anilines is 1. The average Bonchev–Trinajstić information content (AvgIpc) is 3.04. The molecule has 0 spiro atoms. The molecule has 3 atom stereocenters. The van der Waals surface area contributed by atoms with Crippen LogP contribution in [0.3, 0.4) is 0 Å². The zero-order valence-corrected chi connectivity index (χ0v) is 23.4. The lowest BCUT2D eigenvalue weighted by Crippen LogP contribution is -2.44. The van der Waals surface area contributed by atoms with Crippen molar-refractivity contribution < 1.29 is 0 Å². The highest BCUT2D eigenvalue weighted by molar-refractivity contribution is 5.99. The maximum absolute atomic E-state index is 5.23. The lowest BCUT2D eigenvalue weighted by atomic mass is 9.83. The van der Waals surface area contributed by atoms with Gasteiger partial charge in [0.2, 0.25) is 0 Å². The molecule has 42 heavy (non-hydrogen) atoms. The molecule has 1 aliphatic carbocycles. The van der Waals surface area contributed by atoms with Crippen LogP contribution in [0.25, 0.3) is 23.3 Å². The Hall–Kier alpha value is -4.74. The van der Waals surface area contributed by atoms with Gasteiger partial charge in [-0.25, -0.2) is 4.99 Å². The molecule has 0 saturated heterocycles. The van der Waals surface area contributed by atoms with E-state index in [4.69, 9.17) is 9.98 Å². The Bertz CT molecular complexity index is 1770. The summed E-state index contributed by atoms with van der Waals surface area (Å²) in [6.07, 6.45) is 14.0. The molecule has 206 valence electrons. The van der Waals surface area contributed by atoms with Gasteiger partial charge in [-0.1, -0.05) is 97.1 Å². The van der Waals surface area contributed by atoms with Crippen LogP contribution >= 0.6 is 0 Å². The van der Waals surface area contributed by atoms with Crippen molar-refractivity contribution in [2.24, 2.45) is 9.98 Å². The molecule has 0 radical (unpaired) electrons. The standard InChI is InChI=1S/C37H33N5/c1-3-10-24(11-4-1)35-40-36(25-12-5-2-6-13-25)42-37(41-35)27-17-18-29(33-19-21-38-33)31(23-27)32-22-26-14-7-8-15-28(26)30-16-9-20-39-34(30)32/h1-7,9-14,16-18,21-23,33,35,37,39,41H,8,15,19-20H2,(H,40,42). The minimum atomic E-state index is -0.217. The van der Waals surface area contributed by atoms with Crippen LogP contribution in [-0.4, -0.2) is 18.6 Å². The number of rotatable bonds is 5. The van der Waals surface area contributed by atoms with E-state index in [1.165, 1.54) is 44.6 Å². The van der Waals surface area contributed by atoms with E-state index in [9.17, 15) is 0 Å². The third-order valence-electron chi connectivity index (χ3n) is 8.75. The van der Waals surface area contributed by atoms with Crippen LogP contribution < -0.4 is 16.0 Å². The molecule has 5 heteroatoms. The quantitative estimate of drug-likeness (QED) is 0.241. The Labute approximate surface area is 246 Å². The molecule has 5 nitrogen and oxygen atoms in total. The lowest BCUT2D eigenvalue weighted by Gasteiger charge is -2.33. The first-order chi connectivity index (χ1) is 20.8. The number of benzene rings is 4. The highest BCUT2D eigenvalue weighted by Gasteiger charge is 2.29. The van der Waals surface area contributed by atoms with E-state index in [0.29, 0.717) is 0 Å². The van der Waals surface area contributed by atoms with Gasteiger partial charge in [0.05, 0.1) is 6.04 Å². The Morgan fingerprint density at radius 1 is 0.786 bits per heavy atom. The minimum Gasteiger partial charge on any atom is -0.381 e. The third kappa shape index (κ3) is 4.47. The number of aliphatic imine (C=N–C) groups is 2. The predicted octanol–water partition coefficient (Wildman–Crippen LogP) is 7.60. The van der Waals surface area contributed by atoms with Crippen molar-refractivity contribution in [2.45, 2.75) is 37.6 Å². The molecular formula is C37H33N5. The number of fused-ring (bicyclic) bond motifs is 3. The van der Waals surface area contributed by atoms with Crippen molar-refractivity contribution in [3.8, 4) is 11.1 Å². The number of nitrogens with zero attached hydrogens (tertiary/aromatic N) is 2. The summed E-state index contributed by atoms with van der Waals surface area (Å²) in [7, 11) is 0. The molecule has 3 heterocycles. The molecule has 4 aromatic rings. The first kappa shape index (κ1) is 25.0. The fraction of sp³-hybridized carbons (Fsp3) is 0.189. The number of hydrogen-bond acceptors (Lipinski definition) is 5. The van der Waals surface area contributed by atoms with Crippen molar-refractivity contribution in [1.82, 2.24) is 10.6 Å². The fourth-order valence-corrected chi connectivity index (χ4v) is 6.53. The van der Waals surface area contributed by atoms with Gasteiger partial charge in [0.25, 0.3) is 0 Å². The van der Waals surface area contributed by atoms with E-state index in [2.05, 4.69) is 119 Å². The van der Waals surface area contributed by atoms with Gasteiger partial charge in [0.15, 0.2) is 0 Å². The molecule has 0 aromatic heterocycles. The number of amidine groups is 1. The molecule has 0 amide bonds. The monoisotopic (exact) mass is 547 g/mol. The molecule has 3 unspecified atom stereocenters. The maximum Gasteiger partial charge on any atom is 0.131 e. The van der Waals surface area contributed by atoms with E-state index in [1.54, 1.807) is 0 Å². The predicted molar refractivity (Wildman–Crippen MR) is 174 cm³/mol. The van der Waals surface area contributed by atoms with E-state index in [1.807, 2.05) is 12.3 Å². The zero-order valence-electron chi connectivity index (χ0n) is 23.4. The van der Waals surface area contributed by atoms with Crippen LogP contribution in [0.5, 0.6) is 0 Å². The van der Waals surface area contributed by atoms with Crippen LogP contribution in [0.4, 0.5) is 5.69 Å². The van der Waals surface area contributed by atoms with Crippen LogP contribution in [0, 0.1) is 0 Å². The molecule has 8 rings (SSSR count). The van der Waals surface area contributed by atoms with Crippen LogP contribution in [0.2, 0.25) is 0 Å². The smallest absolute Gasteiger partial charge is 0.131 e. The van der Waals surface area contributed by atoms with Crippen molar-refractivity contribution in [3.63, 3.8) is 0 Å². The van der Waals surface area contributed by atoms with Gasteiger partial charge in [0.1, 0.15) is 18.2 Å². The fourth-order valence-electron chi connectivity index (χ4n) is 6.53. The SMILES string of the molecule is C1=Cc2cc(-c3cc(C4N=C(c5ccccc5)NC(c5ccccc5)N4)ccc3C3CC=N3)c3c(c2CC1)C=CCN3. The number of hydrogen-bond donors (Lipinski definition) is 3. The molecule has 0 bridgehead atoms. The molecule has 0 saturated carbocycles. The third-order valence-corrected chi connectivity index (χ3v) is 8.75. The molecule has 4 aliphatic rings. The van der Waals surface area contributed by atoms with E-state index in [-0.39, 0.29) is 18.4 Å². The summed E-state index contributed by atoms with van der Waals surface area (Å²) >= 11 is 0. The Morgan fingerprint density at radius 3 is 2.43 bits per heavy atom. The highest BCUT2D eigenvalue weighted by atomic mass is 15.3. The second-order valence-electron chi connectivity index (χ2n) is 11.3. The van der Waals surface area contributed by atoms with Gasteiger partial charge in [-0.15, -0.1) is 0 Å². The van der Waals surface area contributed by atoms with Gasteiger partial charge in [0, 0.05) is 41.6 Å². The first-order valence-electron chi connectivity index (χ1n) is 15.0. The second-order valence-corrected chi connectivity index (χ2v) is 11.3. The minimum absolute atomic E-state index is 0.0725. The normalized spacial score (nSPS) is 21.8. The molecule has 0 fully saturated rings. The summed E-state index contributed by atoms with van der Waals surface area (Å²) in [4.78, 5) is 9.97. The Kier molecular flexibility index (Phi) is 6.30. The van der Waals surface area contributed by atoms with Crippen molar-refractivity contribution in [3.05, 3.63) is 136 Å². The van der Waals surface area contributed by atoms with Crippen LogP contribution in [0.15, 0.2) is 107 Å². The highest BCUT2D eigenvalue weighted by Crippen LogP contribution is 2.44. The molecule has 3 N–H and O–H groups in total. The maximum atomic E-state index is 5.23. The zero-order chi connectivity index (χ0) is 27.9. The summed E-state index contributed by atoms with van der Waals surface area (Å²) < 4.78 is 0. The average molecular weight is 548 g/mol. The van der Waals surface area contributed by atoms with E-state index in [0.717, 1.165) is 42.8 Å². The topological polar surface area (TPSA) is 60.8 Å². The Morgan fingerprint density at radius 2 is 1.62 bits per heavy atom. The van der Waals surface area contributed by atoms with Crippen molar-refractivity contribution >= 4 is 29.9 Å². The van der Waals surface area contributed by atoms with Crippen molar-refractivity contribution in [2.75, 3.05) is 11.9 Å². The second kappa shape index (κ2) is 10.6. The largest absolute Gasteiger partial charge is 0.381 e. The summed E-state index contributed by atoms with van der Waals surface area (Å²) in [6.45, 7) is 0.838. The molecule has 4 aromatic carbocycles. The van der Waals surface area contributed by atoms with Gasteiger partial charge < -0.3 is 10.6 Å². The van der Waals surface area contributed by atoms with Crippen molar-refractivity contribution in [1.29, 1.82) is 0 Å². The van der Waals surface area contributed by atoms with E-state index >= 15 is 0 Å². The van der Waals surface area contributed by atoms with E-state index < -0.39 is 0 Å². The lowest BCUT2D eigenvalue weighted by molar-refractivity contribution is 0.409. The molecule has 3 aliphatic heterocycles. The van der Waals surface area contributed by atoms with Gasteiger partial charge in [-0.3, -0.25) is 10.3 Å². The van der Waals surface area contributed by atoms with Crippen LogP contribution in [-0.2, 0) is 6.42 Å². The molecular weight excluding hydrogens is 514 g/mol. The first-order valence-corrected chi connectivity index (χ1v) is 15.0. The van der Waals surface area contributed by atoms with Gasteiger partial charge in [-0.05, 0) is 58.4 Å². The summed E-state index contributed by atoms with van der Waals surface area (Å²) in [6, 6.07) is 30.4. The summed E-state index contributed by atoms with van der Waals surface area (Å²) in [5.41, 5.74) is 12.5. The summed E-state index contributed by atoms with van der Waals surface area (Å²) in [5, 5.41) is 11.2. The number of nitrogens with one attached hydrogen (secondary N) is 3. The van der Waals surface area contributed by atoms with Gasteiger partial charge in [-0.2, -0.15) is 0 Å². The van der Waals surface area contributed by atoms with Crippen LogP contribution in [0.1, 0.15) is 70.2 Å². The Balaban J connectivity index is 1.28.